The third kappa shape index (κ3) is 5.23. The highest BCUT2D eigenvalue weighted by Crippen LogP contribution is 2.46. The quantitative estimate of drug-likeness (QED) is 0.279. The lowest BCUT2D eigenvalue weighted by Gasteiger charge is -2.25. The predicted molar refractivity (Wildman–Crippen MR) is 138 cm³/mol. The number of methoxy groups -OCH3 is 2. The van der Waals surface area contributed by atoms with Gasteiger partial charge in [-0.05, 0) is 42.8 Å². The van der Waals surface area contributed by atoms with Gasteiger partial charge in [0.15, 0.2) is 11.5 Å². The standard InChI is InChI=1S/C27H28ClN5O3/c1-30-32-19(11-13-29)17-31-14-12-24-23-7-5-15-33(23)22-10-9-18(28)16-21(22)26(36-24)20-6-4-8-25(34-2)27(20)35-3/h4-10,15-17,24,26,31H,11-12,14H2,1-3H3/b19-17-,32-30-/t24-,26-/m1/s1. The third-order valence-electron chi connectivity index (χ3n) is 5.97. The number of hydrogen-bond acceptors (Lipinski definition) is 7. The molecule has 0 bridgehead atoms. The van der Waals surface area contributed by atoms with E-state index in [0.29, 0.717) is 35.2 Å². The minimum atomic E-state index is -0.452. The average Bonchev–Trinajstić information content (AvgIpc) is 3.33. The SMILES string of the molecule is C/N=N\C(=C/NCC[C@H]1O[C@H](c2cccc(OC)c2OC)c2cc(Cl)ccc2-n2cccc21)CC#N. The molecule has 36 heavy (non-hydrogen) atoms. The van der Waals surface area contributed by atoms with Gasteiger partial charge in [-0.3, -0.25) is 0 Å². The zero-order valence-electron chi connectivity index (χ0n) is 20.4. The number of nitrogens with zero attached hydrogens (tertiary/aromatic N) is 4. The fraction of sp³-hybridized carbons (Fsp3) is 0.296. The van der Waals surface area contributed by atoms with Crippen LogP contribution in [0.25, 0.3) is 5.69 Å². The molecule has 2 atom stereocenters. The highest BCUT2D eigenvalue weighted by Gasteiger charge is 2.32. The molecule has 0 spiro atoms. The summed E-state index contributed by atoms with van der Waals surface area (Å²) in [6, 6.07) is 17.8. The number of hydrogen-bond donors (Lipinski definition) is 1. The van der Waals surface area contributed by atoms with Gasteiger partial charge in [-0.1, -0.05) is 23.7 Å². The second-order valence-corrected chi connectivity index (χ2v) is 8.54. The van der Waals surface area contributed by atoms with Gasteiger partial charge in [-0.2, -0.15) is 15.5 Å². The Labute approximate surface area is 215 Å². The Morgan fingerprint density at radius 2 is 2.06 bits per heavy atom. The van der Waals surface area contributed by atoms with Crippen LogP contribution in [0.5, 0.6) is 11.5 Å². The third-order valence-corrected chi connectivity index (χ3v) is 6.20. The van der Waals surface area contributed by atoms with E-state index < -0.39 is 6.10 Å². The predicted octanol–water partition coefficient (Wildman–Crippen LogP) is 6.13. The van der Waals surface area contributed by atoms with Gasteiger partial charge in [-0.25, -0.2) is 0 Å². The van der Waals surface area contributed by atoms with Crippen LogP contribution < -0.4 is 14.8 Å². The summed E-state index contributed by atoms with van der Waals surface area (Å²) in [6.07, 6.45) is 3.90. The maximum absolute atomic E-state index is 8.99. The van der Waals surface area contributed by atoms with Crippen LogP contribution in [0.3, 0.4) is 0 Å². The molecule has 0 aliphatic carbocycles. The number of fused-ring (bicyclic) bond motifs is 3. The monoisotopic (exact) mass is 505 g/mol. The molecule has 0 fully saturated rings. The van der Waals surface area contributed by atoms with E-state index in [2.05, 4.69) is 32.2 Å². The normalized spacial score (nSPS) is 17.1. The molecule has 1 aliphatic heterocycles. The van der Waals surface area contributed by atoms with Crippen molar-refractivity contribution in [2.24, 2.45) is 10.2 Å². The lowest BCUT2D eigenvalue weighted by Crippen LogP contribution is -2.17. The molecule has 2 heterocycles. The van der Waals surface area contributed by atoms with Crippen molar-refractivity contribution in [2.45, 2.75) is 25.0 Å². The van der Waals surface area contributed by atoms with Crippen molar-refractivity contribution in [1.29, 1.82) is 5.26 Å². The molecule has 4 rings (SSSR count). The van der Waals surface area contributed by atoms with Crippen molar-refractivity contribution in [2.75, 3.05) is 27.8 Å². The highest BCUT2D eigenvalue weighted by atomic mass is 35.5. The lowest BCUT2D eigenvalue weighted by atomic mass is 9.98. The van der Waals surface area contributed by atoms with Crippen LogP contribution in [0.15, 0.2) is 76.9 Å². The van der Waals surface area contributed by atoms with Crippen LogP contribution in [0.2, 0.25) is 5.02 Å². The topological polar surface area (TPSA) is 93.2 Å². The fourth-order valence-electron chi connectivity index (χ4n) is 4.44. The molecule has 2 aromatic carbocycles. The van der Waals surface area contributed by atoms with E-state index in [4.69, 9.17) is 31.1 Å². The van der Waals surface area contributed by atoms with Crippen molar-refractivity contribution < 1.29 is 14.2 Å². The summed E-state index contributed by atoms with van der Waals surface area (Å²) in [4.78, 5) is 0. The summed E-state index contributed by atoms with van der Waals surface area (Å²) < 4.78 is 20.3. The first-order valence-corrected chi connectivity index (χ1v) is 11.9. The minimum absolute atomic E-state index is 0.181. The molecule has 8 nitrogen and oxygen atoms in total. The molecule has 3 aromatic rings. The van der Waals surface area contributed by atoms with Gasteiger partial charge in [0.2, 0.25) is 0 Å². The maximum Gasteiger partial charge on any atom is 0.166 e. The highest BCUT2D eigenvalue weighted by molar-refractivity contribution is 6.30. The minimum Gasteiger partial charge on any atom is -0.493 e. The Kier molecular flexibility index (Phi) is 8.26. The molecular formula is C27H28ClN5O3. The molecule has 0 radical (unpaired) electrons. The Morgan fingerprint density at radius 3 is 2.81 bits per heavy atom. The summed E-state index contributed by atoms with van der Waals surface area (Å²) >= 11 is 6.46. The van der Waals surface area contributed by atoms with E-state index in [1.807, 2.05) is 48.7 Å². The van der Waals surface area contributed by atoms with Gasteiger partial charge in [0, 0.05) is 42.1 Å². The van der Waals surface area contributed by atoms with Crippen molar-refractivity contribution in [1.82, 2.24) is 9.88 Å². The maximum atomic E-state index is 8.99. The van der Waals surface area contributed by atoms with Crippen molar-refractivity contribution in [3.05, 3.63) is 88.5 Å². The molecule has 9 heteroatoms. The molecule has 0 unspecified atom stereocenters. The summed E-state index contributed by atoms with van der Waals surface area (Å²) in [5, 5.41) is 20.6. The number of benzene rings is 2. The number of nitriles is 1. The Hall–Kier alpha value is -3.80. The van der Waals surface area contributed by atoms with E-state index in [9.17, 15) is 0 Å². The number of aromatic nitrogens is 1. The van der Waals surface area contributed by atoms with Crippen molar-refractivity contribution >= 4 is 11.6 Å². The van der Waals surface area contributed by atoms with Gasteiger partial charge in [0.1, 0.15) is 12.2 Å². The van der Waals surface area contributed by atoms with Gasteiger partial charge in [-0.15, -0.1) is 0 Å². The van der Waals surface area contributed by atoms with E-state index in [1.54, 1.807) is 27.5 Å². The molecule has 186 valence electrons. The summed E-state index contributed by atoms with van der Waals surface area (Å²) in [5.74, 6) is 1.25. The Morgan fingerprint density at radius 1 is 1.19 bits per heavy atom. The van der Waals surface area contributed by atoms with Gasteiger partial charge >= 0.3 is 0 Å². The van der Waals surface area contributed by atoms with E-state index in [-0.39, 0.29) is 12.5 Å². The first kappa shape index (κ1) is 25.3. The molecule has 0 saturated carbocycles. The van der Waals surface area contributed by atoms with Crippen LogP contribution >= 0.6 is 11.6 Å². The van der Waals surface area contributed by atoms with Crippen molar-refractivity contribution in [3.63, 3.8) is 0 Å². The van der Waals surface area contributed by atoms with E-state index in [1.165, 1.54) is 0 Å². The number of para-hydroxylation sites is 1. The zero-order valence-corrected chi connectivity index (χ0v) is 21.2. The summed E-state index contributed by atoms with van der Waals surface area (Å²) in [5.41, 5.74) is 4.37. The first-order chi connectivity index (χ1) is 17.6. The largest absolute Gasteiger partial charge is 0.493 e. The molecule has 1 aromatic heterocycles. The number of nitrogens with one attached hydrogen (secondary N) is 1. The zero-order chi connectivity index (χ0) is 25.5. The van der Waals surface area contributed by atoms with Crippen LogP contribution in [0.4, 0.5) is 0 Å². The van der Waals surface area contributed by atoms with Crippen molar-refractivity contribution in [3.8, 4) is 23.3 Å². The van der Waals surface area contributed by atoms with Crippen LogP contribution in [-0.4, -0.2) is 32.4 Å². The molecule has 1 aliphatic rings. The van der Waals surface area contributed by atoms with Crippen LogP contribution in [0, 0.1) is 11.3 Å². The molecule has 0 amide bonds. The second kappa shape index (κ2) is 11.8. The smallest absolute Gasteiger partial charge is 0.166 e. The van der Waals surface area contributed by atoms with Gasteiger partial charge in [0.05, 0.1) is 43.8 Å². The second-order valence-electron chi connectivity index (χ2n) is 8.11. The molecule has 1 N–H and O–H groups in total. The number of azo groups is 1. The number of rotatable bonds is 9. The number of allylic oxidation sites excluding steroid dienone is 1. The Balaban J connectivity index is 1.72. The fourth-order valence-corrected chi connectivity index (χ4v) is 4.62. The number of halogens is 1. The first-order valence-electron chi connectivity index (χ1n) is 11.5. The van der Waals surface area contributed by atoms with Crippen LogP contribution in [-0.2, 0) is 4.74 Å². The molecule has 0 saturated heterocycles. The lowest BCUT2D eigenvalue weighted by molar-refractivity contribution is 0.00183. The summed E-state index contributed by atoms with van der Waals surface area (Å²) in [6.45, 7) is 0.600. The van der Waals surface area contributed by atoms with Gasteiger partial charge in [0.25, 0.3) is 0 Å². The average molecular weight is 506 g/mol. The van der Waals surface area contributed by atoms with E-state index in [0.717, 1.165) is 22.5 Å². The summed E-state index contributed by atoms with van der Waals surface area (Å²) in [7, 11) is 4.82. The Bertz CT molecular complexity index is 1310. The molecular weight excluding hydrogens is 478 g/mol. The van der Waals surface area contributed by atoms with Crippen LogP contribution in [0.1, 0.15) is 41.9 Å². The van der Waals surface area contributed by atoms with E-state index >= 15 is 0 Å². The number of ether oxygens (including phenoxy) is 3. The van der Waals surface area contributed by atoms with Gasteiger partial charge < -0.3 is 24.1 Å².